The Balaban J connectivity index is 2.06. The van der Waals surface area contributed by atoms with Crippen LogP contribution in [-0.2, 0) is 9.53 Å². The molecule has 7 heteroatoms. The van der Waals surface area contributed by atoms with E-state index in [0.29, 0.717) is 13.1 Å². The molecule has 1 saturated heterocycles. The van der Waals surface area contributed by atoms with E-state index in [4.69, 9.17) is 5.11 Å². The van der Waals surface area contributed by atoms with Gasteiger partial charge >= 0.3 is 6.16 Å². The van der Waals surface area contributed by atoms with E-state index in [-0.39, 0.29) is 24.9 Å². The molecule has 2 atom stereocenters. The lowest BCUT2D eigenvalue weighted by Crippen LogP contribution is -2.40. The Hall–Kier alpha value is -1.66. The molecule has 0 radical (unpaired) electrons. The van der Waals surface area contributed by atoms with Crippen molar-refractivity contribution in [2.24, 2.45) is 16.1 Å². The van der Waals surface area contributed by atoms with E-state index in [9.17, 15) is 9.59 Å². The first-order valence-electron chi connectivity index (χ1n) is 5.06. The fourth-order valence-corrected chi connectivity index (χ4v) is 2.32. The van der Waals surface area contributed by atoms with Crippen molar-refractivity contribution in [3.8, 4) is 0 Å². The SMILES string of the molecule is CN1C[C@@H]2CN=N[C@@]2(CCOC(=O)O)C1=O. The molecule has 0 aromatic rings. The fraction of sp³-hybridized carbons (Fsp3) is 0.778. The lowest BCUT2D eigenvalue weighted by Gasteiger charge is -2.20. The molecule has 88 valence electrons. The van der Waals surface area contributed by atoms with Crippen molar-refractivity contribution < 1.29 is 19.4 Å². The molecule has 2 heterocycles. The summed E-state index contributed by atoms with van der Waals surface area (Å²) in [5, 5.41) is 16.3. The van der Waals surface area contributed by atoms with E-state index in [1.165, 1.54) is 0 Å². The third-order valence-corrected chi connectivity index (χ3v) is 3.15. The van der Waals surface area contributed by atoms with Gasteiger partial charge in [0.25, 0.3) is 5.91 Å². The van der Waals surface area contributed by atoms with E-state index >= 15 is 0 Å². The molecule has 7 nitrogen and oxygen atoms in total. The smallest absolute Gasteiger partial charge is 0.450 e. The molecule has 2 aliphatic rings. The van der Waals surface area contributed by atoms with Crippen LogP contribution in [0.4, 0.5) is 4.79 Å². The molecule has 2 rings (SSSR count). The number of carbonyl (C=O) groups is 2. The van der Waals surface area contributed by atoms with Gasteiger partial charge in [-0.25, -0.2) is 4.79 Å². The van der Waals surface area contributed by atoms with Crippen molar-refractivity contribution >= 4 is 12.1 Å². The Bertz CT molecular complexity index is 357. The van der Waals surface area contributed by atoms with Crippen LogP contribution < -0.4 is 0 Å². The highest BCUT2D eigenvalue weighted by molar-refractivity contribution is 5.89. The van der Waals surface area contributed by atoms with Crippen LogP contribution in [0.3, 0.4) is 0 Å². The van der Waals surface area contributed by atoms with E-state index in [0.717, 1.165) is 0 Å². The van der Waals surface area contributed by atoms with Crippen molar-refractivity contribution in [1.82, 2.24) is 4.90 Å². The van der Waals surface area contributed by atoms with Gasteiger partial charge in [-0.1, -0.05) is 0 Å². The molecule has 1 fully saturated rings. The largest absolute Gasteiger partial charge is 0.505 e. The number of hydrogen-bond donors (Lipinski definition) is 1. The summed E-state index contributed by atoms with van der Waals surface area (Å²) in [4.78, 5) is 23.8. The molecular weight excluding hydrogens is 214 g/mol. The summed E-state index contributed by atoms with van der Waals surface area (Å²) in [5.41, 5.74) is -0.871. The Morgan fingerprint density at radius 2 is 2.50 bits per heavy atom. The number of fused-ring (bicyclic) bond motifs is 1. The first-order valence-corrected chi connectivity index (χ1v) is 5.06. The summed E-state index contributed by atoms with van der Waals surface area (Å²) in [6.45, 7) is 1.13. The van der Waals surface area contributed by atoms with Gasteiger partial charge < -0.3 is 14.7 Å². The van der Waals surface area contributed by atoms with Crippen LogP contribution in [0.15, 0.2) is 10.2 Å². The minimum absolute atomic E-state index is 0.0234. The van der Waals surface area contributed by atoms with Gasteiger partial charge in [-0.15, -0.1) is 0 Å². The topological polar surface area (TPSA) is 91.6 Å². The Kier molecular flexibility index (Phi) is 2.53. The van der Waals surface area contributed by atoms with E-state index < -0.39 is 11.7 Å². The molecule has 0 saturated carbocycles. The van der Waals surface area contributed by atoms with Crippen LogP contribution in [0.2, 0.25) is 0 Å². The lowest BCUT2D eigenvalue weighted by molar-refractivity contribution is -0.131. The Morgan fingerprint density at radius 1 is 1.75 bits per heavy atom. The highest BCUT2D eigenvalue weighted by Gasteiger charge is 2.55. The molecule has 0 unspecified atom stereocenters. The van der Waals surface area contributed by atoms with Crippen LogP contribution >= 0.6 is 0 Å². The van der Waals surface area contributed by atoms with Gasteiger partial charge in [0.15, 0.2) is 5.54 Å². The van der Waals surface area contributed by atoms with Gasteiger partial charge in [0, 0.05) is 25.9 Å². The number of rotatable bonds is 3. The highest BCUT2D eigenvalue weighted by Crippen LogP contribution is 2.39. The summed E-state index contributed by atoms with van der Waals surface area (Å²) in [5.74, 6) is -0.0323. The van der Waals surface area contributed by atoms with Gasteiger partial charge in [0.05, 0.1) is 13.2 Å². The number of carbonyl (C=O) groups excluding carboxylic acids is 1. The predicted molar refractivity (Wildman–Crippen MR) is 52.2 cm³/mol. The van der Waals surface area contributed by atoms with E-state index in [1.54, 1.807) is 11.9 Å². The second-order valence-corrected chi connectivity index (χ2v) is 4.10. The quantitative estimate of drug-likeness (QED) is 0.705. The molecule has 0 bridgehead atoms. The minimum Gasteiger partial charge on any atom is -0.450 e. The summed E-state index contributed by atoms with van der Waals surface area (Å²) >= 11 is 0. The maximum atomic E-state index is 12.0. The summed E-state index contributed by atoms with van der Waals surface area (Å²) in [7, 11) is 1.72. The van der Waals surface area contributed by atoms with Crippen LogP contribution in [-0.4, -0.2) is 54.4 Å². The molecule has 1 N–H and O–H groups in total. The molecule has 0 spiro atoms. The molecular formula is C9H13N3O4. The third-order valence-electron chi connectivity index (χ3n) is 3.15. The molecule has 16 heavy (non-hydrogen) atoms. The summed E-state index contributed by atoms with van der Waals surface area (Å²) in [6, 6.07) is 0. The lowest BCUT2D eigenvalue weighted by atomic mass is 9.86. The summed E-state index contributed by atoms with van der Waals surface area (Å²) < 4.78 is 4.43. The summed E-state index contributed by atoms with van der Waals surface area (Å²) in [6.07, 6.45) is -1.06. The number of likely N-dealkylation sites (N-methyl/N-ethyl adjacent to an activating group) is 1. The first kappa shape index (κ1) is 10.8. The number of hydrogen-bond acceptors (Lipinski definition) is 5. The van der Waals surface area contributed by atoms with Gasteiger partial charge in [-0.3, -0.25) is 4.79 Å². The molecule has 0 aromatic carbocycles. The standard InChI is InChI=1S/C9H13N3O4/c1-12-5-6-4-10-11-9(6,7(12)13)2-3-16-8(14)15/h6H,2-5H2,1H3,(H,14,15)/t6-,9+/m0/s1. The molecule has 2 aliphatic heterocycles. The number of carboxylic acid groups (broad SMARTS) is 1. The third kappa shape index (κ3) is 1.52. The average molecular weight is 227 g/mol. The van der Waals surface area contributed by atoms with Gasteiger partial charge in [-0.2, -0.15) is 10.2 Å². The number of likely N-dealkylation sites (tertiary alicyclic amines) is 1. The van der Waals surface area contributed by atoms with Crippen molar-refractivity contribution in [3.63, 3.8) is 0 Å². The van der Waals surface area contributed by atoms with Crippen molar-refractivity contribution in [2.75, 3.05) is 26.7 Å². The van der Waals surface area contributed by atoms with Gasteiger partial charge in [0.1, 0.15) is 0 Å². The number of amides is 1. The number of ether oxygens (including phenoxy) is 1. The fourth-order valence-electron chi connectivity index (χ4n) is 2.32. The predicted octanol–water partition coefficient (Wildman–Crippen LogP) is 0.364. The van der Waals surface area contributed by atoms with Crippen LogP contribution in [0.25, 0.3) is 0 Å². The average Bonchev–Trinajstić information content (AvgIpc) is 2.69. The van der Waals surface area contributed by atoms with Gasteiger partial charge in [-0.05, 0) is 0 Å². The zero-order valence-electron chi connectivity index (χ0n) is 8.92. The van der Waals surface area contributed by atoms with E-state index in [1.807, 2.05) is 0 Å². The van der Waals surface area contributed by atoms with Crippen LogP contribution in [0, 0.1) is 5.92 Å². The van der Waals surface area contributed by atoms with Crippen LogP contribution in [0.1, 0.15) is 6.42 Å². The number of nitrogens with zero attached hydrogens (tertiary/aromatic N) is 3. The van der Waals surface area contributed by atoms with Crippen molar-refractivity contribution in [1.29, 1.82) is 0 Å². The molecule has 0 aromatic heterocycles. The van der Waals surface area contributed by atoms with Crippen molar-refractivity contribution in [2.45, 2.75) is 12.0 Å². The first-order chi connectivity index (χ1) is 7.56. The Morgan fingerprint density at radius 3 is 3.19 bits per heavy atom. The zero-order valence-corrected chi connectivity index (χ0v) is 8.92. The maximum absolute atomic E-state index is 12.0. The normalized spacial score (nSPS) is 31.9. The zero-order chi connectivity index (χ0) is 11.8. The Labute approximate surface area is 92.1 Å². The highest BCUT2D eigenvalue weighted by atomic mass is 16.7. The maximum Gasteiger partial charge on any atom is 0.505 e. The van der Waals surface area contributed by atoms with Crippen molar-refractivity contribution in [3.05, 3.63) is 0 Å². The second-order valence-electron chi connectivity index (χ2n) is 4.10. The molecule has 0 aliphatic carbocycles. The number of azo groups is 1. The van der Waals surface area contributed by atoms with E-state index in [2.05, 4.69) is 15.0 Å². The van der Waals surface area contributed by atoms with Gasteiger partial charge in [0.2, 0.25) is 0 Å². The molecule has 1 amide bonds. The second kappa shape index (κ2) is 3.73. The monoisotopic (exact) mass is 227 g/mol. The minimum atomic E-state index is -1.33. The van der Waals surface area contributed by atoms with Crippen LogP contribution in [0.5, 0.6) is 0 Å².